The van der Waals surface area contributed by atoms with E-state index in [0.29, 0.717) is 11.5 Å². The number of aryl methyl sites for hydroxylation is 2. The third-order valence-electron chi connectivity index (χ3n) is 3.53. The predicted octanol–water partition coefficient (Wildman–Crippen LogP) is 5.08. The molecule has 1 aromatic heterocycles. The van der Waals surface area contributed by atoms with Crippen molar-refractivity contribution >= 4 is 22.6 Å². The number of hydrogen-bond acceptors (Lipinski definition) is 1. The van der Waals surface area contributed by atoms with Gasteiger partial charge in [0.15, 0.2) is 0 Å². The lowest BCUT2D eigenvalue weighted by Gasteiger charge is -2.12. The lowest BCUT2D eigenvalue weighted by molar-refractivity contribution is 0.616. The van der Waals surface area contributed by atoms with Gasteiger partial charge in [-0.2, -0.15) is 0 Å². The molecule has 3 rings (SSSR count). The molecule has 4 heteroatoms. The van der Waals surface area contributed by atoms with E-state index in [1.165, 1.54) is 6.07 Å². The van der Waals surface area contributed by atoms with E-state index < -0.39 is 0 Å². The zero-order chi connectivity index (χ0) is 15.1. The average molecular weight is 303 g/mol. The second-order valence-electron chi connectivity index (χ2n) is 5.37. The van der Waals surface area contributed by atoms with Crippen LogP contribution in [0.1, 0.15) is 29.3 Å². The second-order valence-corrected chi connectivity index (χ2v) is 6.02. The highest BCUT2D eigenvalue weighted by Crippen LogP contribution is 2.30. The van der Waals surface area contributed by atoms with E-state index in [1.807, 2.05) is 49.6 Å². The van der Waals surface area contributed by atoms with Crippen LogP contribution in [-0.2, 0) is 0 Å². The molecule has 0 saturated carbocycles. The molecule has 3 aromatic rings. The molecular weight excluding hydrogens is 287 g/mol. The van der Waals surface area contributed by atoms with Crippen LogP contribution in [0, 0.1) is 19.7 Å². The minimum absolute atomic E-state index is 0.278. The van der Waals surface area contributed by atoms with Crippen molar-refractivity contribution in [2.75, 3.05) is 0 Å². The SMILES string of the molecule is Cc1ccc(F)c(-n2c(C(C)Cl)nc3ccc(C)cc32)c1. The summed E-state index contributed by atoms with van der Waals surface area (Å²) in [6.45, 7) is 5.80. The highest BCUT2D eigenvalue weighted by Gasteiger charge is 2.18. The highest BCUT2D eigenvalue weighted by atomic mass is 35.5. The summed E-state index contributed by atoms with van der Waals surface area (Å²) < 4.78 is 16.1. The van der Waals surface area contributed by atoms with E-state index in [9.17, 15) is 4.39 Å². The first-order valence-corrected chi connectivity index (χ1v) is 7.30. The van der Waals surface area contributed by atoms with Crippen molar-refractivity contribution in [3.05, 3.63) is 59.2 Å². The molecule has 0 aliphatic carbocycles. The summed E-state index contributed by atoms with van der Waals surface area (Å²) >= 11 is 6.26. The van der Waals surface area contributed by atoms with Gasteiger partial charge in [0.1, 0.15) is 11.6 Å². The Bertz CT molecular complexity index is 821. The Labute approximate surface area is 128 Å². The van der Waals surface area contributed by atoms with Gasteiger partial charge in [-0.05, 0) is 56.2 Å². The first-order valence-electron chi connectivity index (χ1n) is 6.87. The van der Waals surface area contributed by atoms with E-state index in [0.717, 1.165) is 22.2 Å². The fourth-order valence-corrected chi connectivity index (χ4v) is 2.66. The lowest BCUT2D eigenvalue weighted by Crippen LogP contribution is -2.04. The topological polar surface area (TPSA) is 17.8 Å². The Hall–Kier alpha value is -1.87. The van der Waals surface area contributed by atoms with E-state index in [-0.39, 0.29) is 11.2 Å². The Morgan fingerprint density at radius 2 is 1.76 bits per heavy atom. The minimum Gasteiger partial charge on any atom is -0.292 e. The molecule has 0 aliphatic heterocycles. The molecule has 0 radical (unpaired) electrons. The van der Waals surface area contributed by atoms with Gasteiger partial charge in [-0.15, -0.1) is 11.6 Å². The van der Waals surface area contributed by atoms with Crippen LogP contribution >= 0.6 is 11.6 Å². The first kappa shape index (κ1) is 14.1. The number of halogens is 2. The third-order valence-corrected chi connectivity index (χ3v) is 3.73. The van der Waals surface area contributed by atoms with Crippen molar-refractivity contribution < 1.29 is 4.39 Å². The molecule has 2 aromatic carbocycles. The van der Waals surface area contributed by atoms with Crippen LogP contribution in [0.25, 0.3) is 16.7 Å². The second kappa shape index (κ2) is 5.15. The summed E-state index contributed by atoms with van der Waals surface area (Å²) in [6.07, 6.45) is 0. The largest absolute Gasteiger partial charge is 0.292 e. The third kappa shape index (κ3) is 2.42. The van der Waals surface area contributed by atoms with Crippen LogP contribution in [0.2, 0.25) is 0 Å². The van der Waals surface area contributed by atoms with E-state index >= 15 is 0 Å². The van der Waals surface area contributed by atoms with Gasteiger partial charge < -0.3 is 0 Å². The average Bonchev–Trinajstić information content (AvgIpc) is 2.80. The zero-order valence-corrected chi connectivity index (χ0v) is 12.9. The van der Waals surface area contributed by atoms with Gasteiger partial charge in [-0.3, -0.25) is 4.57 Å². The summed E-state index contributed by atoms with van der Waals surface area (Å²) in [7, 11) is 0. The number of benzene rings is 2. The monoisotopic (exact) mass is 302 g/mol. The highest BCUT2D eigenvalue weighted by molar-refractivity contribution is 6.20. The summed E-state index contributed by atoms with van der Waals surface area (Å²) in [5, 5.41) is -0.308. The lowest BCUT2D eigenvalue weighted by atomic mass is 10.2. The fourth-order valence-electron chi connectivity index (χ4n) is 2.52. The van der Waals surface area contributed by atoms with Crippen LogP contribution in [0.15, 0.2) is 36.4 Å². The van der Waals surface area contributed by atoms with Crippen LogP contribution in [0.4, 0.5) is 4.39 Å². The van der Waals surface area contributed by atoms with Gasteiger partial charge in [0.25, 0.3) is 0 Å². The summed E-state index contributed by atoms with van der Waals surface area (Å²) in [4.78, 5) is 4.56. The van der Waals surface area contributed by atoms with E-state index in [4.69, 9.17) is 11.6 Å². The van der Waals surface area contributed by atoms with Crippen LogP contribution < -0.4 is 0 Å². The summed E-state index contributed by atoms with van der Waals surface area (Å²) in [6, 6.07) is 11.0. The molecule has 1 atom stereocenters. The molecule has 108 valence electrons. The number of aromatic nitrogens is 2. The molecule has 0 amide bonds. The number of imidazole rings is 1. The van der Waals surface area contributed by atoms with Crippen molar-refractivity contribution in [1.82, 2.24) is 9.55 Å². The maximum atomic E-state index is 14.3. The van der Waals surface area contributed by atoms with E-state index in [2.05, 4.69) is 4.98 Å². The van der Waals surface area contributed by atoms with Gasteiger partial charge in [-0.1, -0.05) is 12.1 Å². The molecule has 1 heterocycles. The normalized spacial score (nSPS) is 12.8. The molecule has 1 unspecified atom stereocenters. The number of hydrogen-bond donors (Lipinski definition) is 0. The minimum atomic E-state index is -0.308. The molecule has 0 bridgehead atoms. The number of alkyl halides is 1. The number of nitrogens with zero attached hydrogens (tertiary/aromatic N) is 2. The molecule has 2 nitrogen and oxygen atoms in total. The molecule has 0 fully saturated rings. The van der Waals surface area contributed by atoms with Gasteiger partial charge >= 0.3 is 0 Å². The van der Waals surface area contributed by atoms with Crippen molar-refractivity contribution in [2.45, 2.75) is 26.1 Å². The fraction of sp³-hybridized carbons (Fsp3) is 0.235. The number of rotatable bonds is 2. The maximum Gasteiger partial charge on any atom is 0.147 e. The molecule has 0 N–H and O–H groups in total. The van der Waals surface area contributed by atoms with Crippen LogP contribution in [0.3, 0.4) is 0 Å². The standard InChI is InChI=1S/C17H16ClFN2/c1-10-4-6-13(19)15(8-10)21-16-9-11(2)5-7-14(16)20-17(21)12(3)18/h4-9,12H,1-3H3. The molecule has 21 heavy (non-hydrogen) atoms. The predicted molar refractivity (Wildman–Crippen MR) is 84.8 cm³/mol. The van der Waals surface area contributed by atoms with Crippen LogP contribution in [0.5, 0.6) is 0 Å². The summed E-state index contributed by atoms with van der Waals surface area (Å²) in [5.41, 5.74) is 4.29. The van der Waals surface area contributed by atoms with Gasteiger partial charge in [-0.25, -0.2) is 9.37 Å². The molecule has 0 spiro atoms. The van der Waals surface area contributed by atoms with E-state index in [1.54, 1.807) is 6.07 Å². The van der Waals surface area contributed by atoms with Gasteiger partial charge in [0.05, 0.1) is 22.1 Å². The summed E-state index contributed by atoms with van der Waals surface area (Å²) in [5.74, 6) is 0.377. The van der Waals surface area contributed by atoms with Gasteiger partial charge in [0, 0.05) is 0 Å². The van der Waals surface area contributed by atoms with Crippen molar-refractivity contribution in [3.63, 3.8) is 0 Å². The molecule has 0 saturated heterocycles. The Balaban J connectivity index is 2.41. The number of fused-ring (bicyclic) bond motifs is 1. The Morgan fingerprint density at radius 1 is 1.10 bits per heavy atom. The van der Waals surface area contributed by atoms with Crippen molar-refractivity contribution in [1.29, 1.82) is 0 Å². The Kier molecular flexibility index (Phi) is 3.46. The van der Waals surface area contributed by atoms with Crippen molar-refractivity contribution in [2.24, 2.45) is 0 Å². The molecule has 0 aliphatic rings. The smallest absolute Gasteiger partial charge is 0.147 e. The first-order chi connectivity index (χ1) is 9.97. The van der Waals surface area contributed by atoms with Gasteiger partial charge in [0.2, 0.25) is 0 Å². The van der Waals surface area contributed by atoms with Crippen molar-refractivity contribution in [3.8, 4) is 5.69 Å². The Morgan fingerprint density at radius 3 is 2.48 bits per heavy atom. The zero-order valence-electron chi connectivity index (χ0n) is 12.2. The maximum absolute atomic E-state index is 14.3. The van der Waals surface area contributed by atoms with Crippen LogP contribution in [-0.4, -0.2) is 9.55 Å². The molecular formula is C17H16ClFN2. The quantitative estimate of drug-likeness (QED) is 0.604.